The van der Waals surface area contributed by atoms with E-state index in [2.05, 4.69) is 16.9 Å². The van der Waals surface area contributed by atoms with Crippen molar-refractivity contribution in [1.82, 2.24) is 9.88 Å². The molecule has 188 valence electrons. The first-order valence-corrected chi connectivity index (χ1v) is 12.2. The fourth-order valence-electron chi connectivity index (χ4n) is 5.00. The second-order valence-corrected chi connectivity index (χ2v) is 8.91. The second kappa shape index (κ2) is 11.3. The van der Waals surface area contributed by atoms with Crippen molar-refractivity contribution in [2.24, 2.45) is 0 Å². The van der Waals surface area contributed by atoms with Crippen molar-refractivity contribution < 1.29 is 18.4 Å². The number of pyridine rings is 1. The van der Waals surface area contributed by atoms with Gasteiger partial charge < -0.3 is 10.2 Å². The molecule has 2 aromatic rings. The summed E-state index contributed by atoms with van der Waals surface area (Å²) in [7, 11) is 0. The summed E-state index contributed by atoms with van der Waals surface area (Å²) in [5.41, 5.74) is 1.58. The summed E-state index contributed by atoms with van der Waals surface area (Å²) < 4.78 is 27.5. The van der Waals surface area contributed by atoms with Crippen LogP contribution in [0.3, 0.4) is 0 Å². The van der Waals surface area contributed by atoms with Crippen LogP contribution in [0.2, 0.25) is 0 Å². The number of rotatable bonds is 8. The number of allylic oxidation sites excluding steroid dienone is 2. The van der Waals surface area contributed by atoms with Crippen molar-refractivity contribution in [2.75, 3.05) is 16.8 Å². The molecule has 1 saturated carbocycles. The zero-order valence-electron chi connectivity index (χ0n) is 20.3. The SMILES string of the molecule is C=CC1=C(/C=C\C)C(N(C(=O)CNc2ccc(F)cn2)c2cccc(F)c2)C(=O)N1C1CCCCC1. The molecule has 1 atom stereocenters. The molecule has 1 aromatic heterocycles. The van der Waals surface area contributed by atoms with E-state index >= 15 is 0 Å². The van der Waals surface area contributed by atoms with E-state index in [0.29, 0.717) is 17.1 Å². The Labute approximate surface area is 210 Å². The molecule has 1 N–H and O–H groups in total. The highest BCUT2D eigenvalue weighted by molar-refractivity contribution is 6.06. The summed E-state index contributed by atoms with van der Waals surface area (Å²) >= 11 is 0. The van der Waals surface area contributed by atoms with Crippen LogP contribution < -0.4 is 10.2 Å². The Morgan fingerprint density at radius 1 is 1.19 bits per heavy atom. The Morgan fingerprint density at radius 3 is 2.61 bits per heavy atom. The van der Waals surface area contributed by atoms with E-state index in [4.69, 9.17) is 0 Å². The summed E-state index contributed by atoms with van der Waals surface area (Å²) in [6, 6.07) is 7.34. The number of nitrogens with zero attached hydrogens (tertiary/aromatic N) is 3. The molecule has 36 heavy (non-hydrogen) atoms. The quantitative estimate of drug-likeness (QED) is 0.539. The van der Waals surface area contributed by atoms with E-state index in [9.17, 15) is 18.4 Å². The average Bonchev–Trinajstić information content (AvgIpc) is 3.15. The van der Waals surface area contributed by atoms with Crippen molar-refractivity contribution in [1.29, 1.82) is 0 Å². The molecule has 6 nitrogen and oxygen atoms in total. The zero-order valence-corrected chi connectivity index (χ0v) is 20.3. The zero-order chi connectivity index (χ0) is 25.7. The second-order valence-electron chi connectivity index (χ2n) is 8.91. The maximum absolute atomic E-state index is 14.3. The molecule has 1 aliphatic heterocycles. The van der Waals surface area contributed by atoms with Crippen LogP contribution in [0.15, 0.2) is 78.7 Å². The lowest BCUT2D eigenvalue weighted by molar-refractivity contribution is -0.132. The first-order chi connectivity index (χ1) is 17.4. The molecular formula is C28H30F2N4O2. The van der Waals surface area contributed by atoms with Crippen LogP contribution in [0.25, 0.3) is 0 Å². The topological polar surface area (TPSA) is 65.5 Å². The maximum atomic E-state index is 14.3. The fourth-order valence-corrected chi connectivity index (χ4v) is 5.00. The molecule has 2 heterocycles. The third kappa shape index (κ3) is 5.22. The lowest BCUT2D eigenvalue weighted by Gasteiger charge is -2.34. The van der Waals surface area contributed by atoms with Gasteiger partial charge in [-0.15, -0.1) is 0 Å². The predicted octanol–water partition coefficient (Wildman–Crippen LogP) is 5.36. The van der Waals surface area contributed by atoms with Gasteiger partial charge in [-0.1, -0.05) is 44.1 Å². The van der Waals surface area contributed by atoms with E-state index < -0.39 is 23.6 Å². The van der Waals surface area contributed by atoms with Gasteiger partial charge in [0.15, 0.2) is 0 Å². The third-order valence-corrected chi connectivity index (χ3v) is 6.56. The third-order valence-electron chi connectivity index (χ3n) is 6.56. The Hall–Kier alpha value is -3.81. The highest BCUT2D eigenvalue weighted by Gasteiger charge is 2.45. The first kappa shape index (κ1) is 25.3. The average molecular weight is 493 g/mol. The number of benzene rings is 1. The van der Waals surface area contributed by atoms with Gasteiger partial charge in [-0.2, -0.15) is 0 Å². The summed E-state index contributed by atoms with van der Waals surface area (Å²) in [6.07, 6.45) is 11.3. The lowest BCUT2D eigenvalue weighted by atomic mass is 9.94. The van der Waals surface area contributed by atoms with E-state index in [1.54, 1.807) is 17.0 Å². The van der Waals surface area contributed by atoms with Gasteiger partial charge in [0.05, 0.1) is 12.7 Å². The normalized spacial score (nSPS) is 18.7. The minimum Gasteiger partial charge on any atom is -0.361 e. The number of carbonyl (C=O) groups is 2. The Kier molecular flexibility index (Phi) is 7.93. The number of anilines is 2. The number of aromatic nitrogens is 1. The van der Waals surface area contributed by atoms with Crippen LogP contribution in [-0.4, -0.2) is 40.3 Å². The summed E-state index contributed by atoms with van der Waals surface area (Å²) in [4.78, 5) is 34.7. The van der Waals surface area contributed by atoms with Crippen LogP contribution in [0, 0.1) is 11.6 Å². The van der Waals surface area contributed by atoms with Crippen molar-refractivity contribution in [2.45, 2.75) is 51.1 Å². The first-order valence-electron chi connectivity index (χ1n) is 12.2. The van der Waals surface area contributed by atoms with Crippen LogP contribution in [-0.2, 0) is 9.59 Å². The highest BCUT2D eigenvalue weighted by Crippen LogP contribution is 2.38. The minimum atomic E-state index is -0.978. The van der Waals surface area contributed by atoms with Crippen molar-refractivity contribution >= 4 is 23.3 Å². The molecule has 4 rings (SSSR count). The van der Waals surface area contributed by atoms with Gasteiger partial charge in [0, 0.05) is 23.0 Å². The summed E-state index contributed by atoms with van der Waals surface area (Å²) in [5, 5.41) is 2.88. The van der Waals surface area contributed by atoms with Gasteiger partial charge in [0.25, 0.3) is 5.91 Å². The molecule has 2 aliphatic rings. The van der Waals surface area contributed by atoms with E-state index in [0.717, 1.165) is 38.3 Å². The minimum absolute atomic E-state index is 0.0236. The van der Waals surface area contributed by atoms with E-state index in [1.165, 1.54) is 35.2 Å². The van der Waals surface area contributed by atoms with Crippen molar-refractivity contribution in [3.8, 4) is 0 Å². The molecule has 2 amide bonds. The van der Waals surface area contributed by atoms with Crippen LogP contribution >= 0.6 is 0 Å². The number of nitrogens with one attached hydrogen (secondary N) is 1. The van der Waals surface area contributed by atoms with Gasteiger partial charge in [-0.25, -0.2) is 13.8 Å². The summed E-state index contributed by atoms with van der Waals surface area (Å²) in [6.45, 7) is 5.58. The molecular weight excluding hydrogens is 462 g/mol. The molecule has 0 bridgehead atoms. The standard InChI is InChI=1S/C28H30F2N4O2/c1-3-9-23-24(4-2)33(21-11-6-5-7-12-21)28(36)27(23)34(22-13-8-10-19(29)16-22)26(35)18-32-25-15-14-20(30)17-31-25/h3-4,8-10,13-17,21,27H,2,5-7,11-12,18H2,1H3,(H,31,32)/b9-3-. The predicted molar refractivity (Wildman–Crippen MR) is 136 cm³/mol. The van der Waals surface area contributed by atoms with Gasteiger partial charge >= 0.3 is 0 Å². The molecule has 1 fully saturated rings. The molecule has 0 saturated heterocycles. The van der Waals surface area contributed by atoms with Crippen molar-refractivity contribution in [3.05, 3.63) is 90.3 Å². The number of amides is 2. The summed E-state index contributed by atoms with van der Waals surface area (Å²) in [5.74, 6) is -1.40. The molecule has 1 aromatic carbocycles. The molecule has 8 heteroatoms. The Bertz CT molecular complexity index is 1190. The van der Waals surface area contributed by atoms with Crippen LogP contribution in [0.1, 0.15) is 39.0 Å². The number of carbonyl (C=O) groups excluding carboxylic acids is 2. The van der Waals surface area contributed by atoms with Gasteiger partial charge in [-0.05, 0) is 56.2 Å². The van der Waals surface area contributed by atoms with E-state index in [1.807, 2.05) is 19.1 Å². The van der Waals surface area contributed by atoms with Gasteiger partial charge in [-0.3, -0.25) is 14.5 Å². The van der Waals surface area contributed by atoms with Crippen LogP contribution in [0.4, 0.5) is 20.3 Å². The number of hydrogen-bond acceptors (Lipinski definition) is 4. The smallest absolute Gasteiger partial charge is 0.255 e. The largest absolute Gasteiger partial charge is 0.361 e. The van der Waals surface area contributed by atoms with Crippen LogP contribution in [0.5, 0.6) is 0 Å². The molecule has 1 aliphatic carbocycles. The fraction of sp³-hybridized carbons (Fsp3) is 0.321. The number of halogens is 2. The van der Waals surface area contributed by atoms with Gasteiger partial charge in [0.1, 0.15) is 23.5 Å². The molecule has 1 unspecified atom stereocenters. The molecule has 0 spiro atoms. The van der Waals surface area contributed by atoms with Crippen molar-refractivity contribution in [3.63, 3.8) is 0 Å². The molecule has 0 radical (unpaired) electrons. The monoisotopic (exact) mass is 492 g/mol. The number of hydrogen-bond donors (Lipinski definition) is 1. The van der Waals surface area contributed by atoms with E-state index in [-0.39, 0.29) is 24.2 Å². The van der Waals surface area contributed by atoms with Gasteiger partial charge in [0.2, 0.25) is 5.91 Å². The lowest BCUT2D eigenvalue weighted by Crippen LogP contribution is -2.51. The Balaban J connectivity index is 1.74. The Morgan fingerprint density at radius 2 is 1.97 bits per heavy atom. The highest BCUT2D eigenvalue weighted by atomic mass is 19.1. The maximum Gasteiger partial charge on any atom is 0.255 e.